The Bertz CT molecular complexity index is 703. The SMILES string of the molecule is Cc1cccc(C[NH+]2CC[NH+](CN3C(=O)CC4(CCCCC4)C3=O)CC2)c1. The standard InChI is InChI=1S/C22H31N3O2/c1-18-6-5-7-19(14-18)16-23-10-12-24(13-11-23)17-25-20(26)15-22(21(25)27)8-3-2-4-9-22/h5-7,14H,2-4,8-13,15-17H2,1H3/p+2. The number of imide groups is 1. The topological polar surface area (TPSA) is 46.3 Å². The zero-order chi connectivity index (χ0) is 18.9. The number of quaternary nitrogens is 2. The Morgan fingerprint density at radius 2 is 1.70 bits per heavy atom. The lowest BCUT2D eigenvalue weighted by molar-refractivity contribution is -1.02. The molecular weight excluding hydrogens is 338 g/mol. The molecule has 1 spiro atoms. The summed E-state index contributed by atoms with van der Waals surface area (Å²) in [6, 6.07) is 8.77. The van der Waals surface area contributed by atoms with E-state index in [-0.39, 0.29) is 17.2 Å². The molecule has 2 heterocycles. The summed E-state index contributed by atoms with van der Waals surface area (Å²) in [4.78, 5) is 30.1. The zero-order valence-electron chi connectivity index (χ0n) is 16.6. The number of hydrogen-bond donors (Lipinski definition) is 2. The maximum atomic E-state index is 13.0. The molecule has 2 amide bonds. The van der Waals surface area contributed by atoms with Gasteiger partial charge in [-0.2, -0.15) is 0 Å². The third-order valence-electron chi connectivity index (χ3n) is 6.88. The molecule has 2 N–H and O–H groups in total. The number of rotatable bonds is 4. The molecule has 3 fully saturated rings. The molecule has 2 saturated heterocycles. The quantitative estimate of drug-likeness (QED) is 0.729. The highest BCUT2D eigenvalue weighted by Gasteiger charge is 2.52. The van der Waals surface area contributed by atoms with E-state index in [0.717, 1.165) is 58.4 Å². The summed E-state index contributed by atoms with van der Waals surface area (Å²) in [5.41, 5.74) is 2.38. The number of nitrogens with zero attached hydrogens (tertiary/aromatic N) is 1. The number of carbonyl (C=O) groups excluding carboxylic acids is 2. The molecule has 146 valence electrons. The van der Waals surface area contributed by atoms with Crippen LogP contribution in [0.25, 0.3) is 0 Å². The maximum absolute atomic E-state index is 13.0. The molecule has 0 bridgehead atoms. The second-order valence-electron chi connectivity index (χ2n) is 8.97. The van der Waals surface area contributed by atoms with E-state index in [0.29, 0.717) is 13.1 Å². The van der Waals surface area contributed by atoms with E-state index in [1.807, 2.05) is 0 Å². The minimum atomic E-state index is -0.340. The molecule has 27 heavy (non-hydrogen) atoms. The third kappa shape index (κ3) is 3.94. The van der Waals surface area contributed by atoms with Crippen molar-refractivity contribution in [2.24, 2.45) is 5.41 Å². The van der Waals surface area contributed by atoms with Gasteiger partial charge in [0.1, 0.15) is 32.7 Å². The fourth-order valence-corrected chi connectivity index (χ4v) is 5.27. The van der Waals surface area contributed by atoms with Crippen LogP contribution in [-0.4, -0.2) is 49.6 Å². The highest BCUT2D eigenvalue weighted by atomic mass is 16.2. The molecule has 2 aliphatic heterocycles. The number of benzene rings is 1. The fraction of sp³-hybridized carbons (Fsp3) is 0.636. The molecule has 1 aliphatic carbocycles. The smallest absolute Gasteiger partial charge is 0.240 e. The Morgan fingerprint density at radius 3 is 2.41 bits per heavy atom. The van der Waals surface area contributed by atoms with Gasteiger partial charge in [0.25, 0.3) is 0 Å². The highest BCUT2D eigenvalue weighted by molar-refractivity contribution is 6.05. The van der Waals surface area contributed by atoms with Crippen LogP contribution >= 0.6 is 0 Å². The van der Waals surface area contributed by atoms with Gasteiger partial charge in [0.15, 0.2) is 6.67 Å². The van der Waals surface area contributed by atoms with Crippen LogP contribution in [0.2, 0.25) is 0 Å². The maximum Gasteiger partial charge on any atom is 0.240 e. The second-order valence-corrected chi connectivity index (χ2v) is 8.97. The average Bonchev–Trinajstić information content (AvgIpc) is 2.88. The minimum Gasteiger partial charge on any atom is -0.322 e. The van der Waals surface area contributed by atoms with E-state index in [4.69, 9.17) is 0 Å². The average molecular weight is 372 g/mol. The molecule has 1 aromatic rings. The summed E-state index contributed by atoms with van der Waals surface area (Å²) >= 11 is 0. The monoisotopic (exact) mass is 371 g/mol. The lowest BCUT2D eigenvalue weighted by Gasteiger charge is -2.33. The van der Waals surface area contributed by atoms with Crippen molar-refractivity contribution in [2.45, 2.75) is 52.0 Å². The van der Waals surface area contributed by atoms with Crippen molar-refractivity contribution in [1.29, 1.82) is 0 Å². The van der Waals surface area contributed by atoms with Gasteiger partial charge < -0.3 is 9.80 Å². The Kier molecular flexibility index (Phi) is 5.33. The highest BCUT2D eigenvalue weighted by Crippen LogP contribution is 2.44. The van der Waals surface area contributed by atoms with E-state index < -0.39 is 0 Å². The lowest BCUT2D eigenvalue weighted by Crippen LogP contribution is -3.28. The van der Waals surface area contributed by atoms with Gasteiger partial charge >= 0.3 is 0 Å². The molecule has 1 saturated carbocycles. The molecular formula is C22H33N3O2+2. The minimum absolute atomic E-state index is 0.0731. The van der Waals surface area contributed by atoms with Gasteiger partial charge in [-0.05, 0) is 19.8 Å². The Balaban J connectivity index is 1.30. The van der Waals surface area contributed by atoms with Crippen LogP contribution in [-0.2, 0) is 16.1 Å². The molecule has 4 rings (SSSR count). The van der Waals surface area contributed by atoms with Gasteiger partial charge in [-0.25, -0.2) is 4.90 Å². The van der Waals surface area contributed by atoms with Crippen molar-refractivity contribution in [3.05, 3.63) is 35.4 Å². The summed E-state index contributed by atoms with van der Waals surface area (Å²) in [5, 5.41) is 0. The van der Waals surface area contributed by atoms with Gasteiger partial charge in [0.2, 0.25) is 11.8 Å². The van der Waals surface area contributed by atoms with Gasteiger partial charge in [-0.15, -0.1) is 0 Å². The normalized spacial score (nSPS) is 28.1. The molecule has 0 aromatic heterocycles. The van der Waals surface area contributed by atoms with E-state index >= 15 is 0 Å². The number of likely N-dealkylation sites (tertiary alicyclic amines) is 1. The molecule has 1 aromatic carbocycles. The van der Waals surface area contributed by atoms with Crippen LogP contribution in [0.1, 0.15) is 49.7 Å². The first-order valence-corrected chi connectivity index (χ1v) is 10.6. The van der Waals surface area contributed by atoms with Crippen molar-refractivity contribution in [2.75, 3.05) is 32.8 Å². The second kappa shape index (κ2) is 7.72. The van der Waals surface area contributed by atoms with E-state index in [2.05, 4.69) is 31.2 Å². The van der Waals surface area contributed by atoms with Crippen molar-refractivity contribution < 1.29 is 19.4 Å². The molecule has 0 unspecified atom stereocenters. The number of amides is 2. The van der Waals surface area contributed by atoms with Crippen LogP contribution in [0.5, 0.6) is 0 Å². The third-order valence-corrected chi connectivity index (χ3v) is 6.88. The summed E-state index contributed by atoms with van der Waals surface area (Å²) in [5.74, 6) is 0.207. The van der Waals surface area contributed by atoms with Gasteiger partial charge in [0, 0.05) is 12.0 Å². The molecule has 5 heteroatoms. The molecule has 0 radical (unpaired) electrons. The summed E-state index contributed by atoms with van der Waals surface area (Å²) in [7, 11) is 0. The van der Waals surface area contributed by atoms with Crippen LogP contribution in [0.15, 0.2) is 24.3 Å². The predicted molar refractivity (Wildman–Crippen MR) is 103 cm³/mol. The van der Waals surface area contributed by atoms with Crippen LogP contribution in [0.4, 0.5) is 0 Å². The first-order valence-electron chi connectivity index (χ1n) is 10.6. The van der Waals surface area contributed by atoms with Crippen LogP contribution in [0, 0.1) is 12.3 Å². The Morgan fingerprint density at radius 1 is 1.00 bits per heavy atom. The summed E-state index contributed by atoms with van der Waals surface area (Å²) in [6.45, 7) is 8.06. The Hall–Kier alpha value is -1.72. The van der Waals surface area contributed by atoms with Crippen molar-refractivity contribution >= 4 is 11.8 Å². The number of nitrogens with one attached hydrogen (secondary N) is 2. The molecule has 0 atom stereocenters. The number of aryl methyl sites for hydroxylation is 1. The fourth-order valence-electron chi connectivity index (χ4n) is 5.27. The van der Waals surface area contributed by atoms with E-state index in [1.165, 1.54) is 22.4 Å². The van der Waals surface area contributed by atoms with Gasteiger partial charge in [-0.1, -0.05) is 49.1 Å². The van der Waals surface area contributed by atoms with Gasteiger partial charge in [-0.3, -0.25) is 9.59 Å². The van der Waals surface area contributed by atoms with Crippen molar-refractivity contribution in [3.63, 3.8) is 0 Å². The predicted octanol–water partition coefficient (Wildman–Crippen LogP) is -0.0547. The lowest BCUT2D eigenvalue weighted by atomic mass is 9.73. The number of piperazine rings is 1. The zero-order valence-corrected chi connectivity index (χ0v) is 16.6. The largest absolute Gasteiger partial charge is 0.322 e. The van der Waals surface area contributed by atoms with Crippen molar-refractivity contribution in [3.8, 4) is 0 Å². The van der Waals surface area contributed by atoms with Crippen LogP contribution in [0.3, 0.4) is 0 Å². The van der Waals surface area contributed by atoms with E-state index in [1.54, 1.807) is 9.80 Å². The number of hydrogen-bond acceptors (Lipinski definition) is 2. The number of carbonyl (C=O) groups is 2. The molecule has 5 nitrogen and oxygen atoms in total. The van der Waals surface area contributed by atoms with Crippen LogP contribution < -0.4 is 9.80 Å². The summed E-state index contributed by atoms with van der Waals surface area (Å²) < 4.78 is 0. The first-order chi connectivity index (χ1) is 13.1. The Labute approximate surface area is 162 Å². The molecule has 3 aliphatic rings. The summed E-state index contributed by atoms with van der Waals surface area (Å²) in [6.07, 6.45) is 5.70. The van der Waals surface area contributed by atoms with Crippen molar-refractivity contribution in [1.82, 2.24) is 4.90 Å². The first kappa shape index (κ1) is 18.6. The van der Waals surface area contributed by atoms with Gasteiger partial charge in [0.05, 0.1) is 5.41 Å². The van der Waals surface area contributed by atoms with E-state index in [9.17, 15) is 9.59 Å².